The van der Waals surface area contributed by atoms with Crippen LogP contribution in [0.25, 0.3) is 10.9 Å². The molecule has 0 amide bonds. The van der Waals surface area contributed by atoms with Gasteiger partial charge in [-0.2, -0.15) is 4.98 Å². The van der Waals surface area contributed by atoms with Gasteiger partial charge in [-0.25, -0.2) is 4.98 Å². The third-order valence-corrected chi connectivity index (χ3v) is 7.41. The van der Waals surface area contributed by atoms with Crippen LogP contribution in [0.1, 0.15) is 38.2 Å². The Hall–Kier alpha value is -2.64. The molecule has 0 spiro atoms. The molecule has 3 aliphatic heterocycles. The lowest BCUT2D eigenvalue weighted by molar-refractivity contribution is -0.0754. The highest BCUT2D eigenvalue weighted by molar-refractivity contribution is 5.92. The first-order valence-electron chi connectivity index (χ1n) is 13.2. The third-order valence-electron chi connectivity index (χ3n) is 7.41. The topological polar surface area (TPSA) is 86.2 Å². The van der Waals surface area contributed by atoms with Crippen LogP contribution in [0.4, 0.5) is 11.8 Å². The first-order valence-corrected chi connectivity index (χ1v) is 13.2. The number of nitrogens with zero attached hydrogens (tertiary/aromatic N) is 5. The zero-order valence-corrected chi connectivity index (χ0v) is 21.5. The normalized spacial score (nSPS) is 23.1. The van der Waals surface area contributed by atoms with Crippen molar-refractivity contribution in [1.29, 1.82) is 0 Å². The lowest BCUT2D eigenvalue weighted by Crippen LogP contribution is -2.51. The average molecular weight is 495 g/mol. The lowest BCUT2D eigenvalue weighted by atomic mass is 10.1. The summed E-state index contributed by atoms with van der Waals surface area (Å²) in [6, 6.07) is 4.29. The van der Waals surface area contributed by atoms with Gasteiger partial charge in [-0.1, -0.05) is 11.8 Å². The van der Waals surface area contributed by atoms with Crippen molar-refractivity contribution in [3.05, 3.63) is 17.7 Å². The number of aromatic nitrogens is 2. The van der Waals surface area contributed by atoms with Crippen molar-refractivity contribution in [2.24, 2.45) is 0 Å². The van der Waals surface area contributed by atoms with Crippen LogP contribution in [0, 0.1) is 11.8 Å². The molecule has 1 aromatic heterocycles. The van der Waals surface area contributed by atoms with Crippen LogP contribution in [-0.4, -0.2) is 103 Å². The van der Waals surface area contributed by atoms with E-state index in [2.05, 4.69) is 38.8 Å². The number of hydrogen-bond donors (Lipinski definition) is 2. The number of benzene rings is 1. The molecule has 36 heavy (non-hydrogen) atoms. The molecule has 194 valence electrons. The molecule has 9 nitrogen and oxygen atoms in total. The summed E-state index contributed by atoms with van der Waals surface area (Å²) < 4.78 is 11.4. The van der Waals surface area contributed by atoms with Crippen LogP contribution in [-0.2, 0) is 4.74 Å². The SMILES string of the molecule is COc1cc2c(NCN3C[C@H](CO)OC[C@H]3C)nc(N3CCCC3)nc2cc1C#CCN1CCCC1. The van der Waals surface area contributed by atoms with E-state index in [1.54, 1.807) is 7.11 Å². The first kappa shape index (κ1) is 25.0. The van der Waals surface area contributed by atoms with Gasteiger partial charge in [0.25, 0.3) is 0 Å². The first-order chi connectivity index (χ1) is 17.6. The van der Waals surface area contributed by atoms with Gasteiger partial charge < -0.3 is 24.8 Å². The quantitative estimate of drug-likeness (QED) is 0.562. The molecule has 0 bridgehead atoms. The van der Waals surface area contributed by atoms with E-state index in [0.29, 0.717) is 19.8 Å². The molecule has 2 atom stereocenters. The number of hydrogen-bond acceptors (Lipinski definition) is 9. The third kappa shape index (κ3) is 5.68. The molecule has 2 aromatic rings. The molecular formula is C27H38N6O3. The van der Waals surface area contributed by atoms with Gasteiger partial charge in [0.2, 0.25) is 5.95 Å². The number of nitrogens with one attached hydrogen (secondary N) is 1. The summed E-state index contributed by atoms with van der Waals surface area (Å²) in [5, 5.41) is 14.0. The number of aliphatic hydroxyl groups is 1. The number of likely N-dealkylation sites (tertiary alicyclic amines) is 1. The van der Waals surface area contributed by atoms with Crippen molar-refractivity contribution in [3.8, 4) is 17.6 Å². The molecule has 3 fully saturated rings. The fourth-order valence-electron chi connectivity index (χ4n) is 5.17. The number of rotatable bonds is 7. The number of aliphatic hydroxyl groups excluding tert-OH is 1. The molecule has 5 rings (SSSR count). The van der Waals surface area contributed by atoms with Gasteiger partial charge in [0.1, 0.15) is 11.6 Å². The van der Waals surface area contributed by atoms with Crippen molar-refractivity contribution in [1.82, 2.24) is 19.8 Å². The van der Waals surface area contributed by atoms with Crippen LogP contribution in [0.15, 0.2) is 12.1 Å². The number of methoxy groups -OCH3 is 1. The van der Waals surface area contributed by atoms with Crippen LogP contribution >= 0.6 is 0 Å². The minimum atomic E-state index is -0.160. The highest BCUT2D eigenvalue weighted by Gasteiger charge is 2.26. The van der Waals surface area contributed by atoms with E-state index in [4.69, 9.17) is 19.4 Å². The predicted octanol–water partition coefficient (Wildman–Crippen LogP) is 2.14. The van der Waals surface area contributed by atoms with Gasteiger partial charge in [-0.3, -0.25) is 9.80 Å². The number of fused-ring (bicyclic) bond motifs is 1. The van der Waals surface area contributed by atoms with Gasteiger partial charge in [-0.15, -0.1) is 0 Å². The molecular weight excluding hydrogens is 456 g/mol. The minimum absolute atomic E-state index is 0.0253. The smallest absolute Gasteiger partial charge is 0.227 e. The number of morpholine rings is 1. The summed E-state index contributed by atoms with van der Waals surface area (Å²) >= 11 is 0. The Morgan fingerprint density at radius 2 is 1.92 bits per heavy atom. The van der Waals surface area contributed by atoms with E-state index in [-0.39, 0.29) is 18.8 Å². The van der Waals surface area contributed by atoms with E-state index < -0.39 is 0 Å². The zero-order valence-electron chi connectivity index (χ0n) is 21.5. The Morgan fingerprint density at radius 3 is 2.67 bits per heavy atom. The second-order valence-corrected chi connectivity index (χ2v) is 10.0. The summed E-state index contributed by atoms with van der Waals surface area (Å²) in [5.41, 5.74) is 1.72. The van der Waals surface area contributed by atoms with E-state index in [9.17, 15) is 5.11 Å². The lowest BCUT2D eigenvalue weighted by Gasteiger charge is -2.37. The number of anilines is 2. The monoisotopic (exact) mass is 494 g/mol. The van der Waals surface area contributed by atoms with Crippen LogP contribution in [0.2, 0.25) is 0 Å². The summed E-state index contributed by atoms with van der Waals surface area (Å²) in [6.07, 6.45) is 4.68. The van der Waals surface area contributed by atoms with Crippen molar-refractivity contribution in [3.63, 3.8) is 0 Å². The summed E-state index contributed by atoms with van der Waals surface area (Å²) in [5.74, 6) is 8.95. The largest absolute Gasteiger partial charge is 0.495 e. The van der Waals surface area contributed by atoms with Crippen molar-refractivity contribution >= 4 is 22.7 Å². The molecule has 0 unspecified atom stereocenters. The molecule has 4 heterocycles. The predicted molar refractivity (Wildman–Crippen MR) is 142 cm³/mol. The highest BCUT2D eigenvalue weighted by Crippen LogP contribution is 2.31. The van der Waals surface area contributed by atoms with Crippen LogP contribution in [0.3, 0.4) is 0 Å². The summed E-state index contributed by atoms with van der Waals surface area (Å²) in [7, 11) is 1.68. The molecule has 9 heteroatoms. The van der Waals surface area contributed by atoms with Crippen LogP contribution < -0.4 is 15.0 Å². The standard InChI is InChI=1S/C27H38N6O3/c1-20-18-36-22(17-34)16-33(20)19-28-26-23-15-25(35-2)21(8-7-11-31-9-3-4-10-31)14-24(23)29-27(30-26)32-12-5-6-13-32/h14-15,20,22,34H,3-6,9-13,16-19H2,1-2H3,(H,28,29,30)/t20-,22-/m1/s1. The Kier molecular flexibility index (Phi) is 8.07. The minimum Gasteiger partial charge on any atom is -0.495 e. The molecule has 0 aliphatic carbocycles. The van der Waals surface area contributed by atoms with Gasteiger partial charge >= 0.3 is 0 Å². The van der Waals surface area contributed by atoms with E-state index in [1.807, 2.05) is 12.1 Å². The Bertz CT molecular complexity index is 1100. The second-order valence-electron chi connectivity index (χ2n) is 10.0. The fraction of sp³-hybridized carbons (Fsp3) is 0.630. The summed E-state index contributed by atoms with van der Waals surface area (Å²) in [6.45, 7) is 9.03. The molecule has 3 aliphatic rings. The Labute approximate surface area is 213 Å². The van der Waals surface area contributed by atoms with Gasteiger partial charge in [-0.05, 0) is 57.8 Å². The summed E-state index contributed by atoms with van der Waals surface area (Å²) in [4.78, 5) is 16.8. The number of ether oxygens (including phenoxy) is 2. The maximum absolute atomic E-state index is 9.56. The van der Waals surface area contributed by atoms with Gasteiger partial charge in [0.05, 0.1) is 50.7 Å². The van der Waals surface area contributed by atoms with Crippen molar-refractivity contribution in [2.45, 2.75) is 44.8 Å². The zero-order chi connectivity index (χ0) is 24.9. The Morgan fingerprint density at radius 1 is 1.14 bits per heavy atom. The maximum Gasteiger partial charge on any atom is 0.227 e. The highest BCUT2D eigenvalue weighted by atomic mass is 16.5. The van der Waals surface area contributed by atoms with Gasteiger partial charge in [0.15, 0.2) is 0 Å². The van der Waals surface area contributed by atoms with E-state index in [1.165, 1.54) is 12.8 Å². The average Bonchev–Trinajstić information content (AvgIpc) is 3.62. The van der Waals surface area contributed by atoms with Crippen LogP contribution in [0.5, 0.6) is 5.75 Å². The maximum atomic E-state index is 9.56. The molecule has 0 radical (unpaired) electrons. The molecule has 3 saturated heterocycles. The van der Waals surface area contributed by atoms with Gasteiger partial charge in [0, 0.05) is 31.1 Å². The molecule has 0 saturated carbocycles. The van der Waals surface area contributed by atoms with Crippen molar-refractivity contribution in [2.75, 3.05) is 76.5 Å². The van der Waals surface area contributed by atoms with E-state index in [0.717, 1.165) is 79.5 Å². The Balaban J connectivity index is 1.45. The van der Waals surface area contributed by atoms with Crippen molar-refractivity contribution < 1.29 is 14.6 Å². The fourth-order valence-corrected chi connectivity index (χ4v) is 5.17. The second kappa shape index (κ2) is 11.6. The van der Waals surface area contributed by atoms with E-state index >= 15 is 0 Å². The molecule has 2 N–H and O–H groups in total. The molecule has 1 aromatic carbocycles.